The molecule has 2 rings (SSSR count). The monoisotopic (exact) mass is 289 g/mol. The molecular weight excluding hydrogens is 271 g/mol. The Morgan fingerprint density at radius 1 is 1.35 bits per heavy atom. The zero-order chi connectivity index (χ0) is 14.8. The highest BCUT2D eigenvalue weighted by Crippen LogP contribution is 2.34. The molecule has 1 heterocycles. The van der Waals surface area contributed by atoms with Gasteiger partial charge in [0, 0.05) is 6.07 Å². The van der Waals surface area contributed by atoms with Crippen LogP contribution in [0.2, 0.25) is 0 Å². The van der Waals surface area contributed by atoms with E-state index < -0.39 is 11.7 Å². The molecule has 0 bridgehead atoms. The number of alkyl halides is 3. The lowest BCUT2D eigenvalue weighted by Gasteiger charge is -2.27. The van der Waals surface area contributed by atoms with E-state index >= 15 is 0 Å². The van der Waals surface area contributed by atoms with E-state index in [1.54, 1.807) is 0 Å². The molecule has 0 spiro atoms. The first kappa shape index (κ1) is 14.9. The lowest BCUT2D eigenvalue weighted by atomic mass is 9.89. The molecule has 0 radical (unpaired) electrons. The average molecular weight is 289 g/mol. The van der Waals surface area contributed by atoms with Crippen molar-refractivity contribution in [2.45, 2.75) is 44.9 Å². The second kappa shape index (κ2) is 5.87. The van der Waals surface area contributed by atoms with Crippen molar-refractivity contribution in [2.75, 3.05) is 5.43 Å². The molecule has 1 aromatic rings. The molecule has 1 aliphatic rings. The molecule has 4 nitrogen and oxygen atoms in total. The summed E-state index contributed by atoms with van der Waals surface area (Å²) >= 11 is 0. The van der Waals surface area contributed by atoms with Crippen LogP contribution >= 0.6 is 0 Å². The van der Waals surface area contributed by atoms with Gasteiger partial charge in [0.15, 0.2) is 0 Å². The minimum Gasteiger partial charge on any atom is -0.474 e. The average Bonchev–Trinajstić information content (AvgIpc) is 2.37. The van der Waals surface area contributed by atoms with Gasteiger partial charge in [-0.25, -0.2) is 5.84 Å². The number of hydrogen-bond donors (Lipinski definition) is 2. The van der Waals surface area contributed by atoms with Gasteiger partial charge in [0.1, 0.15) is 11.9 Å². The summed E-state index contributed by atoms with van der Waals surface area (Å²) < 4.78 is 43.9. The van der Waals surface area contributed by atoms with Crippen LogP contribution in [0.4, 0.5) is 19.0 Å². The molecule has 1 saturated carbocycles. The number of nitrogens with two attached hydrogens (primary N) is 1. The molecule has 112 valence electrons. The van der Waals surface area contributed by atoms with E-state index in [-0.39, 0.29) is 17.8 Å². The Kier molecular flexibility index (Phi) is 4.37. The van der Waals surface area contributed by atoms with Crippen LogP contribution in [0.5, 0.6) is 5.88 Å². The van der Waals surface area contributed by atoms with Gasteiger partial charge in [-0.05, 0) is 31.2 Å². The molecule has 0 aliphatic heterocycles. The minimum absolute atomic E-state index is 0.0353. The highest BCUT2D eigenvalue weighted by atomic mass is 19.4. The first-order chi connectivity index (χ1) is 9.38. The Labute approximate surface area is 115 Å². The van der Waals surface area contributed by atoms with Crippen molar-refractivity contribution in [1.82, 2.24) is 4.98 Å². The third kappa shape index (κ3) is 3.75. The van der Waals surface area contributed by atoms with Crippen LogP contribution in [0, 0.1) is 5.92 Å². The van der Waals surface area contributed by atoms with Gasteiger partial charge in [-0.3, -0.25) is 0 Å². The number of pyridine rings is 1. The van der Waals surface area contributed by atoms with Gasteiger partial charge in [0.25, 0.3) is 0 Å². The Morgan fingerprint density at radius 3 is 2.70 bits per heavy atom. The van der Waals surface area contributed by atoms with E-state index in [4.69, 9.17) is 10.6 Å². The fraction of sp³-hybridized carbons (Fsp3) is 0.615. The SMILES string of the molecule is CC1CCCC(Oc2cc(C(F)(F)F)cc(NN)n2)C1. The van der Waals surface area contributed by atoms with Crippen molar-refractivity contribution in [3.63, 3.8) is 0 Å². The van der Waals surface area contributed by atoms with Crippen LogP contribution in [0.25, 0.3) is 0 Å². The van der Waals surface area contributed by atoms with Gasteiger partial charge in [0.05, 0.1) is 5.56 Å². The zero-order valence-corrected chi connectivity index (χ0v) is 11.2. The molecule has 20 heavy (non-hydrogen) atoms. The maximum absolute atomic E-state index is 12.8. The molecule has 0 aromatic carbocycles. The van der Waals surface area contributed by atoms with E-state index in [0.29, 0.717) is 5.92 Å². The number of anilines is 1. The van der Waals surface area contributed by atoms with Gasteiger partial charge < -0.3 is 10.2 Å². The summed E-state index contributed by atoms with van der Waals surface area (Å²) in [6.45, 7) is 2.11. The number of nitrogens with one attached hydrogen (secondary N) is 1. The van der Waals surface area contributed by atoms with Gasteiger partial charge >= 0.3 is 6.18 Å². The second-order valence-corrected chi connectivity index (χ2v) is 5.23. The van der Waals surface area contributed by atoms with Gasteiger partial charge in [-0.15, -0.1) is 0 Å². The highest BCUT2D eigenvalue weighted by molar-refractivity contribution is 5.41. The van der Waals surface area contributed by atoms with E-state index in [0.717, 1.165) is 37.8 Å². The number of ether oxygens (including phenoxy) is 1. The third-order valence-electron chi connectivity index (χ3n) is 3.45. The first-order valence-electron chi connectivity index (χ1n) is 6.61. The molecular formula is C13H18F3N3O. The molecule has 2 unspecified atom stereocenters. The number of hydrazine groups is 1. The fourth-order valence-electron chi connectivity index (χ4n) is 2.46. The molecule has 7 heteroatoms. The van der Waals surface area contributed by atoms with Crippen LogP contribution in [-0.2, 0) is 6.18 Å². The molecule has 1 fully saturated rings. The quantitative estimate of drug-likeness (QED) is 0.662. The predicted molar refractivity (Wildman–Crippen MR) is 69.1 cm³/mol. The van der Waals surface area contributed by atoms with Crippen LogP contribution in [0.3, 0.4) is 0 Å². The highest BCUT2D eigenvalue weighted by Gasteiger charge is 2.32. The standard InChI is InChI=1S/C13H18F3N3O/c1-8-3-2-4-10(5-8)20-12-7-9(13(14,15)16)6-11(18-12)19-17/h6-8,10H,2-5,17H2,1H3,(H,18,19). The Bertz CT molecular complexity index is 465. The van der Waals surface area contributed by atoms with Crippen LogP contribution in [-0.4, -0.2) is 11.1 Å². The smallest absolute Gasteiger partial charge is 0.416 e. The largest absolute Gasteiger partial charge is 0.474 e. The molecule has 1 aromatic heterocycles. The van der Waals surface area contributed by atoms with Crippen molar-refractivity contribution >= 4 is 5.82 Å². The van der Waals surface area contributed by atoms with E-state index in [1.807, 2.05) is 0 Å². The normalized spacial score (nSPS) is 23.4. The number of halogens is 3. The predicted octanol–water partition coefficient (Wildman–Crippen LogP) is 3.34. The topological polar surface area (TPSA) is 60.2 Å². The van der Waals surface area contributed by atoms with Crippen LogP contribution in [0.15, 0.2) is 12.1 Å². The number of hydrogen-bond acceptors (Lipinski definition) is 4. The number of aromatic nitrogens is 1. The number of nitrogens with zero attached hydrogens (tertiary/aromatic N) is 1. The summed E-state index contributed by atoms with van der Waals surface area (Å²) in [7, 11) is 0. The van der Waals surface area contributed by atoms with Crippen LogP contribution in [0.1, 0.15) is 38.2 Å². The third-order valence-corrected chi connectivity index (χ3v) is 3.45. The fourth-order valence-corrected chi connectivity index (χ4v) is 2.46. The van der Waals surface area contributed by atoms with E-state index in [2.05, 4.69) is 17.3 Å². The second-order valence-electron chi connectivity index (χ2n) is 5.23. The molecule has 2 atom stereocenters. The molecule has 1 aliphatic carbocycles. The maximum Gasteiger partial charge on any atom is 0.416 e. The van der Waals surface area contributed by atoms with Crippen molar-refractivity contribution in [3.8, 4) is 5.88 Å². The van der Waals surface area contributed by atoms with Crippen molar-refractivity contribution in [1.29, 1.82) is 0 Å². The van der Waals surface area contributed by atoms with Crippen molar-refractivity contribution < 1.29 is 17.9 Å². The van der Waals surface area contributed by atoms with Gasteiger partial charge in [-0.1, -0.05) is 13.3 Å². The number of rotatable bonds is 3. The van der Waals surface area contributed by atoms with Gasteiger partial charge in [0.2, 0.25) is 5.88 Å². The van der Waals surface area contributed by atoms with Gasteiger partial charge in [-0.2, -0.15) is 18.2 Å². The minimum atomic E-state index is -4.45. The Balaban J connectivity index is 2.18. The lowest BCUT2D eigenvalue weighted by Crippen LogP contribution is -2.25. The Morgan fingerprint density at radius 2 is 2.10 bits per heavy atom. The van der Waals surface area contributed by atoms with Crippen molar-refractivity contribution in [2.24, 2.45) is 11.8 Å². The lowest BCUT2D eigenvalue weighted by molar-refractivity contribution is -0.137. The summed E-state index contributed by atoms with van der Waals surface area (Å²) in [6.07, 6.45) is -0.706. The molecule has 3 N–H and O–H groups in total. The maximum atomic E-state index is 12.8. The molecule has 0 amide bonds. The summed E-state index contributed by atoms with van der Waals surface area (Å²) in [4.78, 5) is 3.93. The van der Waals surface area contributed by atoms with Crippen molar-refractivity contribution in [3.05, 3.63) is 17.7 Å². The Hall–Kier alpha value is -1.50. The summed E-state index contributed by atoms with van der Waals surface area (Å²) in [5, 5.41) is 0. The van der Waals surface area contributed by atoms with E-state index in [9.17, 15) is 13.2 Å². The summed E-state index contributed by atoms with van der Waals surface area (Å²) in [6, 6.07) is 1.77. The van der Waals surface area contributed by atoms with Crippen LogP contribution < -0.4 is 16.0 Å². The molecule has 0 saturated heterocycles. The summed E-state index contributed by atoms with van der Waals surface area (Å²) in [5.41, 5.74) is 1.31. The summed E-state index contributed by atoms with van der Waals surface area (Å²) in [5.74, 6) is 5.58. The number of nitrogen functional groups attached to an aromatic ring is 1. The zero-order valence-electron chi connectivity index (χ0n) is 11.2. The van der Waals surface area contributed by atoms with E-state index in [1.165, 1.54) is 0 Å². The first-order valence-corrected chi connectivity index (χ1v) is 6.61.